The van der Waals surface area contributed by atoms with Gasteiger partial charge >= 0.3 is 15.6 Å². The molecule has 2 heterocycles. The van der Waals surface area contributed by atoms with E-state index in [1.54, 1.807) is 0 Å². The molecule has 0 aromatic heterocycles. The molecule has 0 amide bonds. The normalized spacial score (nSPS) is 25.3. The highest BCUT2D eigenvalue weighted by Gasteiger charge is 2.49. The van der Waals surface area contributed by atoms with Gasteiger partial charge in [0.15, 0.2) is 0 Å². The van der Waals surface area contributed by atoms with Crippen molar-refractivity contribution in [2.75, 3.05) is 0 Å². The lowest BCUT2D eigenvalue weighted by atomic mass is 10.1. The molecule has 23 heavy (non-hydrogen) atoms. The first kappa shape index (κ1) is 16.3. The quantitative estimate of drug-likeness (QED) is 0.620. The summed E-state index contributed by atoms with van der Waals surface area (Å²) in [5.41, 5.74) is -4.28. The van der Waals surface area contributed by atoms with E-state index in [0.29, 0.717) is 6.54 Å². The first-order chi connectivity index (χ1) is 10.8. The summed E-state index contributed by atoms with van der Waals surface area (Å²) in [7, 11) is -5.58. The van der Waals surface area contributed by atoms with Crippen LogP contribution in [0.15, 0.2) is 42.2 Å². The monoisotopic (exact) mass is 347 g/mol. The Morgan fingerprint density at radius 2 is 1.87 bits per heavy atom. The average Bonchev–Trinajstić information content (AvgIpc) is 2.69. The van der Waals surface area contributed by atoms with Gasteiger partial charge in [0, 0.05) is 25.0 Å². The van der Waals surface area contributed by atoms with E-state index in [2.05, 4.69) is 9.08 Å². The number of hydrogen-bond donors (Lipinski definition) is 0. The minimum atomic E-state index is -5.58. The van der Waals surface area contributed by atoms with Crippen molar-refractivity contribution in [3.63, 3.8) is 0 Å². The zero-order valence-electron chi connectivity index (χ0n) is 12.2. The molecular weight excluding hydrogens is 331 g/mol. The SMILES string of the molecule is O=S(=O)(OC1=C[C@@H]2CC[C@H](C1)N2Cc1ccccc1)C(F)(F)F. The van der Waals surface area contributed by atoms with Crippen LogP contribution in [0.4, 0.5) is 13.2 Å². The lowest BCUT2D eigenvalue weighted by molar-refractivity contribution is -0.0526. The standard InChI is InChI=1S/C15H16F3NO3S/c16-15(17,18)23(20,21)22-14-8-12-6-7-13(9-14)19(12)10-11-4-2-1-3-5-11/h1-5,8,12-13H,6-7,9-10H2/t12-,13+/m0/s1. The number of hydrogen-bond acceptors (Lipinski definition) is 4. The molecule has 0 unspecified atom stereocenters. The summed E-state index contributed by atoms with van der Waals surface area (Å²) in [4.78, 5) is 2.18. The molecule has 0 radical (unpaired) electrons. The van der Waals surface area contributed by atoms with Crippen LogP contribution in [0.5, 0.6) is 0 Å². The van der Waals surface area contributed by atoms with Gasteiger partial charge in [0.25, 0.3) is 0 Å². The third-order valence-electron chi connectivity index (χ3n) is 4.21. The predicted octanol–water partition coefficient (Wildman–Crippen LogP) is 3.17. The van der Waals surface area contributed by atoms with Gasteiger partial charge < -0.3 is 4.18 Å². The van der Waals surface area contributed by atoms with Gasteiger partial charge in [-0.1, -0.05) is 30.3 Å². The highest BCUT2D eigenvalue weighted by Crippen LogP contribution is 2.38. The zero-order valence-corrected chi connectivity index (χ0v) is 13.0. The number of benzene rings is 1. The van der Waals surface area contributed by atoms with E-state index in [1.807, 2.05) is 30.3 Å². The number of halogens is 3. The summed E-state index contributed by atoms with van der Waals surface area (Å²) < 4.78 is 63.8. The van der Waals surface area contributed by atoms with Gasteiger partial charge in [-0.3, -0.25) is 4.90 Å². The summed E-state index contributed by atoms with van der Waals surface area (Å²) in [6, 6.07) is 9.67. The largest absolute Gasteiger partial charge is 0.534 e. The highest BCUT2D eigenvalue weighted by molar-refractivity contribution is 7.87. The Morgan fingerprint density at radius 3 is 2.48 bits per heavy atom. The van der Waals surface area contributed by atoms with Crippen molar-refractivity contribution in [3.05, 3.63) is 47.7 Å². The van der Waals surface area contributed by atoms with Crippen LogP contribution in [-0.2, 0) is 20.8 Å². The summed E-state index contributed by atoms with van der Waals surface area (Å²) in [6.07, 6.45) is 3.29. The lowest BCUT2D eigenvalue weighted by Gasteiger charge is -2.33. The molecule has 1 saturated heterocycles. The molecule has 0 aliphatic carbocycles. The number of alkyl halides is 3. The lowest BCUT2D eigenvalue weighted by Crippen LogP contribution is -2.39. The van der Waals surface area contributed by atoms with Crippen molar-refractivity contribution >= 4 is 10.1 Å². The molecule has 0 spiro atoms. The van der Waals surface area contributed by atoms with E-state index >= 15 is 0 Å². The minimum absolute atomic E-state index is 0.00337. The Hall–Kier alpha value is -1.54. The van der Waals surface area contributed by atoms with Crippen LogP contribution in [0, 0.1) is 0 Å². The zero-order chi connectivity index (χ0) is 16.7. The fourth-order valence-electron chi connectivity index (χ4n) is 3.17. The van der Waals surface area contributed by atoms with Crippen molar-refractivity contribution in [2.24, 2.45) is 0 Å². The van der Waals surface area contributed by atoms with Gasteiger partial charge in [-0.2, -0.15) is 21.6 Å². The second-order valence-corrected chi connectivity index (χ2v) is 7.31. The van der Waals surface area contributed by atoms with Crippen molar-refractivity contribution in [2.45, 2.75) is 43.4 Å². The van der Waals surface area contributed by atoms with Gasteiger partial charge in [0.1, 0.15) is 5.76 Å². The Kier molecular flexibility index (Phi) is 4.14. The molecule has 8 heteroatoms. The Labute approximate surface area is 132 Å². The average molecular weight is 347 g/mol. The van der Waals surface area contributed by atoms with Crippen LogP contribution < -0.4 is 0 Å². The van der Waals surface area contributed by atoms with Crippen LogP contribution in [-0.4, -0.2) is 30.9 Å². The van der Waals surface area contributed by atoms with Gasteiger partial charge in [0.2, 0.25) is 0 Å². The molecule has 3 rings (SSSR count). The highest BCUT2D eigenvalue weighted by atomic mass is 32.2. The summed E-state index contributed by atoms with van der Waals surface area (Å²) in [6.45, 7) is 0.686. The van der Waals surface area contributed by atoms with E-state index < -0.39 is 15.6 Å². The Balaban J connectivity index is 1.74. The van der Waals surface area contributed by atoms with Gasteiger partial charge in [-0.05, 0) is 24.5 Å². The van der Waals surface area contributed by atoms with Gasteiger partial charge in [0.05, 0.1) is 0 Å². The molecule has 4 nitrogen and oxygen atoms in total. The Morgan fingerprint density at radius 1 is 1.17 bits per heavy atom. The maximum atomic E-state index is 12.4. The molecule has 2 atom stereocenters. The van der Waals surface area contributed by atoms with Gasteiger partial charge in [-0.25, -0.2) is 0 Å². The summed E-state index contributed by atoms with van der Waals surface area (Å²) >= 11 is 0. The van der Waals surface area contributed by atoms with Crippen LogP contribution in [0.25, 0.3) is 0 Å². The van der Waals surface area contributed by atoms with Crippen molar-refractivity contribution in [3.8, 4) is 0 Å². The molecule has 0 saturated carbocycles. The maximum absolute atomic E-state index is 12.4. The summed E-state index contributed by atoms with van der Waals surface area (Å²) in [5, 5.41) is 0. The summed E-state index contributed by atoms with van der Waals surface area (Å²) in [5.74, 6) is -0.0980. The number of rotatable bonds is 4. The fraction of sp³-hybridized carbons (Fsp3) is 0.467. The number of nitrogens with zero attached hydrogens (tertiary/aromatic N) is 1. The molecule has 2 aliphatic rings. The maximum Gasteiger partial charge on any atom is 0.534 e. The van der Waals surface area contributed by atoms with Crippen LogP contribution in [0.2, 0.25) is 0 Å². The Bertz CT molecular complexity index is 700. The molecule has 1 aromatic carbocycles. The number of fused-ring (bicyclic) bond motifs is 2. The molecule has 126 valence electrons. The van der Waals surface area contributed by atoms with Crippen molar-refractivity contribution in [1.82, 2.24) is 4.90 Å². The minimum Gasteiger partial charge on any atom is -0.381 e. The van der Waals surface area contributed by atoms with E-state index in [9.17, 15) is 21.6 Å². The van der Waals surface area contributed by atoms with Crippen LogP contribution >= 0.6 is 0 Å². The third-order valence-corrected chi connectivity index (χ3v) is 5.21. The second-order valence-electron chi connectivity index (χ2n) is 5.78. The molecule has 1 fully saturated rings. The van der Waals surface area contributed by atoms with E-state index in [1.165, 1.54) is 6.08 Å². The van der Waals surface area contributed by atoms with Crippen LogP contribution in [0.3, 0.4) is 0 Å². The molecule has 1 aromatic rings. The van der Waals surface area contributed by atoms with E-state index in [4.69, 9.17) is 0 Å². The predicted molar refractivity (Wildman–Crippen MR) is 77.6 cm³/mol. The third kappa shape index (κ3) is 3.37. The molecular formula is C15H16F3NO3S. The first-order valence-electron chi connectivity index (χ1n) is 7.27. The molecule has 2 bridgehead atoms. The fourth-order valence-corrected chi connectivity index (χ4v) is 3.67. The molecule has 2 aliphatic heterocycles. The van der Waals surface area contributed by atoms with Crippen LogP contribution in [0.1, 0.15) is 24.8 Å². The van der Waals surface area contributed by atoms with Gasteiger partial charge in [-0.15, -0.1) is 0 Å². The van der Waals surface area contributed by atoms with E-state index in [-0.39, 0.29) is 24.3 Å². The topological polar surface area (TPSA) is 46.6 Å². The second kappa shape index (κ2) is 5.83. The molecule has 0 N–H and O–H groups in total. The van der Waals surface area contributed by atoms with Crippen molar-refractivity contribution in [1.29, 1.82) is 0 Å². The first-order valence-corrected chi connectivity index (χ1v) is 8.68. The smallest absolute Gasteiger partial charge is 0.381 e. The van der Waals surface area contributed by atoms with E-state index in [0.717, 1.165) is 18.4 Å². The van der Waals surface area contributed by atoms with Crippen molar-refractivity contribution < 1.29 is 25.8 Å².